The second kappa shape index (κ2) is 10.2. The first kappa shape index (κ1) is 23.2. The van der Waals surface area contributed by atoms with Crippen LogP contribution in [0, 0.1) is 0 Å². The number of nitrogens with zero attached hydrogens (tertiary/aromatic N) is 3. The van der Waals surface area contributed by atoms with Crippen molar-refractivity contribution in [2.45, 2.75) is 26.2 Å². The molecule has 2 saturated heterocycles. The average Bonchev–Trinajstić information content (AvgIpc) is 2.77. The molecule has 2 fully saturated rings. The molecule has 0 aromatic heterocycles. The summed E-state index contributed by atoms with van der Waals surface area (Å²) in [6.45, 7) is 11.7. The highest BCUT2D eigenvalue weighted by Crippen LogP contribution is 2.22. The van der Waals surface area contributed by atoms with Crippen LogP contribution < -0.4 is 5.32 Å². The third-order valence-corrected chi connectivity index (χ3v) is 5.86. The van der Waals surface area contributed by atoms with Crippen LogP contribution in [0.4, 0.5) is 0 Å². The third kappa shape index (κ3) is 6.51. The van der Waals surface area contributed by atoms with E-state index in [0.29, 0.717) is 51.5 Å². The topological polar surface area (TPSA) is 82.2 Å². The lowest BCUT2D eigenvalue weighted by molar-refractivity contribution is -0.140. The maximum Gasteiger partial charge on any atom is 0.251 e. The third-order valence-electron chi connectivity index (χ3n) is 5.86. The van der Waals surface area contributed by atoms with Gasteiger partial charge in [-0.1, -0.05) is 32.9 Å². The van der Waals surface area contributed by atoms with E-state index in [0.717, 1.165) is 18.7 Å². The first-order valence-electron chi connectivity index (χ1n) is 11.0. The van der Waals surface area contributed by atoms with Gasteiger partial charge >= 0.3 is 0 Å². The monoisotopic (exact) mass is 430 g/mol. The SMILES string of the molecule is CC(C)(C)c1ccc(C(=O)NCC(=O)N2CCN(C(=O)CN3CCOCC3)CC2)cc1. The van der Waals surface area contributed by atoms with Gasteiger partial charge in [-0.15, -0.1) is 0 Å². The Balaban J connectivity index is 1.40. The Morgan fingerprint density at radius 2 is 1.42 bits per heavy atom. The Kier molecular flexibility index (Phi) is 7.67. The van der Waals surface area contributed by atoms with E-state index >= 15 is 0 Å². The second-order valence-corrected chi connectivity index (χ2v) is 9.16. The number of carbonyl (C=O) groups excluding carboxylic acids is 3. The van der Waals surface area contributed by atoms with Crippen molar-refractivity contribution in [3.05, 3.63) is 35.4 Å². The van der Waals surface area contributed by atoms with Crippen molar-refractivity contribution in [3.8, 4) is 0 Å². The summed E-state index contributed by atoms with van der Waals surface area (Å²) in [4.78, 5) is 43.0. The highest BCUT2D eigenvalue weighted by Gasteiger charge is 2.26. The van der Waals surface area contributed by atoms with E-state index in [9.17, 15) is 14.4 Å². The summed E-state index contributed by atoms with van der Waals surface area (Å²) in [5.41, 5.74) is 1.72. The summed E-state index contributed by atoms with van der Waals surface area (Å²) in [7, 11) is 0. The summed E-state index contributed by atoms with van der Waals surface area (Å²) in [5, 5.41) is 2.71. The zero-order valence-corrected chi connectivity index (χ0v) is 18.9. The lowest BCUT2D eigenvalue weighted by Gasteiger charge is -2.36. The Bertz CT molecular complexity index is 774. The van der Waals surface area contributed by atoms with Crippen molar-refractivity contribution >= 4 is 17.7 Å². The number of ether oxygens (including phenoxy) is 1. The van der Waals surface area contributed by atoms with Crippen LogP contribution in [-0.4, -0.2) is 98.0 Å². The second-order valence-electron chi connectivity index (χ2n) is 9.16. The van der Waals surface area contributed by atoms with Crippen molar-refractivity contribution in [2.75, 3.05) is 65.6 Å². The molecule has 2 aliphatic heterocycles. The Morgan fingerprint density at radius 3 is 1.97 bits per heavy atom. The Labute approximate surface area is 184 Å². The molecule has 1 aromatic carbocycles. The molecule has 0 radical (unpaired) electrons. The van der Waals surface area contributed by atoms with Crippen LogP contribution in [0.5, 0.6) is 0 Å². The number of benzene rings is 1. The lowest BCUT2D eigenvalue weighted by atomic mass is 9.87. The predicted molar refractivity (Wildman–Crippen MR) is 118 cm³/mol. The summed E-state index contributed by atoms with van der Waals surface area (Å²) < 4.78 is 5.31. The van der Waals surface area contributed by atoms with Gasteiger partial charge in [-0.25, -0.2) is 0 Å². The molecule has 2 aliphatic rings. The number of rotatable bonds is 5. The first-order valence-corrected chi connectivity index (χ1v) is 11.0. The number of carbonyl (C=O) groups is 3. The molecule has 8 nitrogen and oxygen atoms in total. The number of hydrogen-bond donors (Lipinski definition) is 1. The normalized spacial score (nSPS) is 18.0. The van der Waals surface area contributed by atoms with Gasteiger partial charge in [0.05, 0.1) is 26.3 Å². The van der Waals surface area contributed by atoms with E-state index in [-0.39, 0.29) is 29.7 Å². The highest BCUT2D eigenvalue weighted by atomic mass is 16.5. The zero-order chi connectivity index (χ0) is 22.4. The van der Waals surface area contributed by atoms with Crippen molar-refractivity contribution in [1.29, 1.82) is 0 Å². The van der Waals surface area contributed by atoms with E-state index < -0.39 is 0 Å². The molecule has 0 atom stereocenters. The number of amides is 3. The quantitative estimate of drug-likeness (QED) is 0.744. The molecule has 0 aliphatic carbocycles. The molecule has 1 N–H and O–H groups in total. The molecule has 1 aromatic rings. The molecule has 3 rings (SSSR count). The number of nitrogens with one attached hydrogen (secondary N) is 1. The van der Waals surface area contributed by atoms with Crippen molar-refractivity contribution in [3.63, 3.8) is 0 Å². The van der Waals surface area contributed by atoms with Crippen LogP contribution in [0.1, 0.15) is 36.7 Å². The summed E-state index contributed by atoms with van der Waals surface area (Å²) in [6.07, 6.45) is 0. The molecule has 3 amide bonds. The highest BCUT2D eigenvalue weighted by molar-refractivity contribution is 5.96. The Hall–Kier alpha value is -2.45. The van der Waals surface area contributed by atoms with Crippen LogP contribution >= 0.6 is 0 Å². The Morgan fingerprint density at radius 1 is 0.871 bits per heavy atom. The molecule has 31 heavy (non-hydrogen) atoms. The van der Waals surface area contributed by atoms with Gasteiger partial charge in [0.25, 0.3) is 5.91 Å². The van der Waals surface area contributed by atoms with Gasteiger partial charge in [-0.2, -0.15) is 0 Å². The minimum absolute atomic E-state index is 0.0245. The van der Waals surface area contributed by atoms with Gasteiger partial charge in [0.1, 0.15) is 0 Å². The van der Waals surface area contributed by atoms with Gasteiger partial charge in [0.15, 0.2) is 0 Å². The summed E-state index contributed by atoms with van der Waals surface area (Å²) >= 11 is 0. The van der Waals surface area contributed by atoms with Crippen LogP contribution in [0.2, 0.25) is 0 Å². The molecule has 8 heteroatoms. The maximum absolute atomic E-state index is 12.5. The molecular weight excluding hydrogens is 396 g/mol. The van der Waals surface area contributed by atoms with E-state index in [2.05, 4.69) is 31.0 Å². The van der Waals surface area contributed by atoms with Crippen LogP contribution in [0.15, 0.2) is 24.3 Å². The lowest BCUT2D eigenvalue weighted by Crippen LogP contribution is -2.54. The first-order chi connectivity index (χ1) is 14.7. The molecule has 0 saturated carbocycles. The van der Waals surface area contributed by atoms with Crippen molar-refractivity contribution < 1.29 is 19.1 Å². The number of morpholine rings is 1. The average molecular weight is 431 g/mol. The van der Waals surface area contributed by atoms with Crippen LogP contribution in [-0.2, 0) is 19.7 Å². The van der Waals surface area contributed by atoms with Gasteiger partial charge in [0, 0.05) is 44.8 Å². The molecule has 0 spiro atoms. The minimum atomic E-state index is -0.256. The van der Waals surface area contributed by atoms with Crippen molar-refractivity contribution in [2.24, 2.45) is 0 Å². The standard InChI is InChI=1S/C23H34N4O4/c1-23(2,3)19-6-4-18(5-7-19)22(30)24-16-20(28)26-8-10-27(11-9-26)21(29)17-25-12-14-31-15-13-25/h4-7H,8-17H2,1-3H3,(H,24,30). The van der Waals surface area contributed by atoms with Crippen LogP contribution in [0.3, 0.4) is 0 Å². The van der Waals surface area contributed by atoms with Gasteiger partial charge in [-0.3, -0.25) is 19.3 Å². The molecule has 0 bridgehead atoms. The number of piperazine rings is 1. The van der Waals surface area contributed by atoms with Crippen LogP contribution in [0.25, 0.3) is 0 Å². The zero-order valence-electron chi connectivity index (χ0n) is 18.9. The number of hydrogen-bond acceptors (Lipinski definition) is 5. The summed E-state index contributed by atoms with van der Waals surface area (Å²) in [6, 6.07) is 7.48. The molecule has 170 valence electrons. The maximum atomic E-state index is 12.5. The van der Waals surface area contributed by atoms with Gasteiger partial charge in [0.2, 0.25) is 11.8 Å². The van der Waals surface area contributed by atoms with E-state index in [1.54, 1.807) is 17.0 Å². The van der Waals surface area contributed by atoms with E-state index in [1.807, 2.05) is 17.0 Å². The van der Waals surface area contributed by atoms with E-state index in [4.69, 9.17) is 4.74 Å². The largest absolute Gasteiger partial charge is 0.379 e. The summed E-state index contributed by atoms with van der Waals surface area (Å²) in [5.74, 6) is -0.283. The smallest absolute Gasteiger partial charge is 0.251 e. The molecule has 2 heterocycles. The van der Waals surface area contributed by atoms with E-state index in [1.165, 1.54) is 0 Å². The molecular formula is C23H34N4O4. The fourth-order valence-corrected chi connectivity index (χ4v) is 3.75. The molecule has 0 unspecified atom stereocenters. The van der Waals surface area contributed by atoms with Crippen molar-refractivity contribution in [1.82, 2.24) is 20.0 Å². The fourth-order valence-electron chi connectivity index (χ4n) is 3.75. The van der Waals surface area contributed by atoms with Gasteiger partial charge < -0.3 is 19.9 Å². The fraction of sp³-hybridized carbons (Fsp3) is 0.609. The predicted octanol–water partition coefficient (Wildman–Crippen LogP) is 0.717. The minimum Gasteiger partial charge on any atom is -0.379 e. The van der Waals surface area contributed by atoms with Gasteiger partial charge in [-0.05, 0) is 23.1 Å².